The number of halogens is 1. The first kappa shape index (κ1) is 21.8. The Morgan fingerprint density at radius 1 is 1.10 bits per heavy atom. The van der Waals surface area contributed by atoms with Crippen LogP contribution in [-0.4, -0.2) is 47.7 Å². The Labute approximate surface area is 181 Å². The van der Waals surface area contributed by atoms with Crippen LogP contribution in [0.5, 0.6) is 0 Å². The summed E-state index contributed by atoms with van der Waals surface area (Å²) in [5.74, 6) is -0.385. The molecule has 1 N–H and O–H groups in total. The maximum absolute atomic E-state index is 13.2. The molecule has 3 amide bonds. The first-order valence-corrected chi connectivity index (χ1v) is 10.4. The monoisotopic (exact) mass is 427 g/mol. The van der Waals surface area contributed by atoms with Crippen LogP contribution in [0.25, 0.3) is 0 Å². The molecule has 1 unspecified atom stereocenters. The highest BCUT2D eigenvalue weighted by Gasteiger charge is 2.36. The fourth-order valence-electron chi connectivity index (χ4n) is 3.60. The molecule has 1 heterocycles. The minimum absolute atomic E-state index is 0.0389. The van der Waals surface area contributed by atoms with Crippen molar-refractivity contribution in [2.45, 2.75) is 38.8 Å². The van der Waals surface area contributed by atoms with E-state index in [4.69, 9.17) is 11.6 Å². The number of amides is 3. The lowest BCUT2D eigenvalue weighted by Crippen LogP contribution is -2.52. The third-order valence-electron chi connectivity index (χ3n) is 5.18. The highest BCUT2D eigenvalue weighted by molar-refractivity contribution is 6.30. The lowest BCUT2D eigenvalue weighted by Gasteiger charge is -2.37. The second kappa shape index (κ2) is 9.30. The lowest BCUT2D eigenvalue weighted by molar-refractivity contribution is -0.134. The van der Waals surface area contributed by atoms with Gasteiger partial charge >= 0.3 is 0 Å². The quantitative estimate of drug-likeness (QED) is 0.790. The summed E-state index contributed by atoms with van der Waals surface area (Å²) < 4.78 is 0. The molecular formula is C23H26ClN3O3. The first-order valence-electron chi connectivity index (χ1n) is 9.99. The summed E-state index contributed by atoms with van der Waals surface area (Å²) >= 11 is 5.95. The third-order valence-corrected chi connectivity index (χ3v) is 5.43. The molecule has 1 aliphatic rings. The fourth-order valence-corrected chi connectivity index (χ4v) is 3.73. The highest BCUT2D eigenvalue weighted by atomic mass is 35.5. The van der Waals surface area contributed by atoms with Crippen LogP contribution in [0.3, 0.4) is 0 Å². The number of nitrogens with one attached hydrogen (secondary N) is 1. The van der Waals surface area contributed by atoms with E-state index in [-0.39, 0.29) is 17.7 Å². The van der Waals surface area contributed by atoms with Crippen molar-refractivity contribution in [2.75, 3.05) is 19.4 Å². The lowest BCUT2D eigenvalue weighted by atomic mass is 9.92. The van der Waals surface area contributed by atoms with Crippen molar-refractivity contribution in [3.63, 3.8) is 0 Å². The molecule has 2 aromatic carbocycles. The molecule has 1 aliphatic heterocycles. The molecule has 30 heavy (non-hydrogen) atoms. The largest absolute Gasteiger partial charge is 0.347 e. The molecule has 0 saturated heterocycles. The first-order chi connectivity index (χ1) is 14.3. The van der Waals surface area contributed by atoms with Crippen molar-refractivity contribution in [2.24, 2.45) is 0 Å². The normalized spacial score (nSPS) is 15.3. The predicted octanol–water partition coefficient (Wildman–Crippen LogP) is 3.73. The van der Waals surface area contributed by atoms with Gasteiger partial charge in [0.1, 0.15) is 6.04 Å². The topological polar surface area (TPSA) is 69.7 Å². The van der Waals surface area contributed by atoms with Crippen LogP contribution in [-0.2, 0) is 22.6 Å². The van der Waals surface area contributed by atoms with Gasteiger partial charge in [0.05, 0.1) is 0 Å². The Morgan fingerprint density at radius 2 is 1.80 bits per heavy atom. The number of rotatable bonds is 5. The van der Waals surface area contributed by atoms with E-state index in [1.54, 1.807) is 43.3 Å². The van der Waals surface area contributed by atoms with Gasteiger partial charge in [0, 0.05) is 49.8 Å². The molecule has 0 fully saturated rings. The van der Waals surface area contributed by atoms with E-state index in [0.717, 1.165) is 17.5 Å². The van der Waals surface area contributed by atoms with Crippen LogP contribution in [0.15, 0.2) is 42.5 Å². The molecule has 0 aliphatic carbocycles. The SMILES string of the molecule is CCCC(=O)Nc1ccc2c(c1)CN(C(=O)c1ccc(Cl)cc1)C(C(=O)N(C)C)C2. The number of benzene rings is 2. The molecule has 1 atom stereocenters. The van der Waals surface area contributed by atoms with Crippen LogP contribution in [0.4, 0.5) is 5.69 Å². The molecular weight excluding hydrogens is 402 g/mol. The average molecular weight is 428 g/mol. The number of carbonyl (C=O) groups excluding carboxylic acids is 3. The maximum Gasteiger partial charge on any atom is 0.254 e. The number of nitrogens with zero attached hydrogens (tertiary/aromatic N) is 2. The zero-order chi connectivity index (χ0) is 21.8. The van der Waals surface area contributed by atoms with E-state index in [2.05, 4.69) is 5.32 Å². The zero-order valence-electron chi connectivity index (χ0n) is 17.4. The van der Waals surface area contributed by atoms with Gasteiger partial charge in [0.25, 0.3) is 5.91 Å². The number of anilines is 1. The van der Waals surface area contributed by atoms with Gasteiger partial charge in [0.15, 0.2) is 0 Å². The minimum atomic E-state index is -0.587. The van der Waals surface area contributed by atoms with Gasteiger partial charge in [-0.3, -0.25) is 14.4 Å². The van der Waals surface area contributed by atoms with E-state index in [1.807, 2.05) is 25.1 Å². The summed E-state index contributed by atoms with van der Waals surface area (Å²) in [7, 11) is 3.38. The Morgan fingerprint density at radius 3 is 2.43 bits per heavy atom. The van der Waals surface area contributed by atoms with E-state index in [0.29, 0.717) is 35.7 Å². The van der Waals surface area contributed by atoms with Gasteiger partial charge in [-0.2, -0.15) is 0 Å². The third kappa shape index (κ3) is 4.82. The van der Waals surface area contributed by atoms with Crippen molar-refractivity contribution in [1.82, 2.24) is 9.80 Å². The Hall–Kier alpha value is -2.86. The summed E-state index contributed by atoms with van der Waals surface area (Å²) in [4.78, 5) is 41.2. The van der Waals surface area contributed by atoms with Gasteiger partial charge in [-0.25, -0.2) is 0 Å². The van der Waals surface area contributed by atoms with Crippen LogP contribution < -0.4 is 5.32 Å². The summed E-state index contributed by atoms with van der Waals surface area (Å²) in [5.41, 5.74) is 3.11. The van der Waals surface area contributed by atoms with E-state index >= 15 is 0 Å². The second-order valence-corrected chi connectivity index (χ2v) is 8.11. The Kier molecular flexibility index (Phi) is 6.77. The average Bonchev–Trinajstić information content (AvgIpc) is 2.72. The van der Waals surface area contributed by atoms with Crippen LogP contribution in [0, 0.1) is 0 Å². The number of hydrogen-bond acceptors (Lipinski definition) is 3. The number of hydrogen-bond donors (Lipinski definition) is 1. The van der Waals surface area contributed by atoms with Gasteiger partial charge in [-0.15, -0.1) is 0 Å². The van der Waals surface area contributed by atoms with E-state index < -0.39 is 6.04 Å². The summed E-state index contributed by atoms with van der Waals surface area (Å²) in [5, 5.41) is 3.44. The zero-order valence-corrected chi connectivity index (χ0v) is 18.2. The molecule has 6 nitrogen and oxygen atoms in total. The molecule has 0 saturated carbocycles. The van der Waals surface area contributed by atoms with Gasteiger partial charge < -0.3 is 15.1 Å². The molecule has 158 valence electrons. The predicted molar refractivity (Wildman–Crippen MR) is 117 cm³/mol. The Balaban J connectivity index is 1.92. The summed E-state index contributed by atoms with van der Waals surface area (Å²) in [6.45, 7) is 2.24. The number of carbonyl (C=O) groups is 3. The summed E-state index contributed by atoms with van der Waals surface area (Å²) in [6, 6.07) is 11.7. The maximum atomic E-state index is 13.2. The molecule has 0 bridgehead atoms. The Bertz CT molecular complexity index is 957. The van der Waals surface area contributed by atoms with Gasteiger partial charge in [0.2, 0.25) is 11.8 Å². The molecule has 0 spiro atoms. The van der Waals surface area contributed by atoms with Crippen molar-refractivity contribution in [1.29, 1.82) is 0 Å². The molecule has 7 heteroatoms. The smallest absolute Gasteiger partial charge is 0.254 e. The van der Waals surface area contributed by atoms with E-state index in [9.17, 15) is 14.4 Å². The molecule has 3 rings (SSSR count). The van der Waals surface area contributed by atoms with Crippen LogP contribution in [0.2, 0.25) is 5.02 Å². The minimum Gasteiger partial charge on any atom is -0.347 e. The van der Waals surface area contributed by atoms with Crippen LogP contribution >= 0.6 is 11.6 Å². The van der Waals surface area contributed by atoms with Crippen molar-refractivity contribution < 1.29 is 14.4 Å². The van der Waals surface area contributed by atoms with Crippen LogP contribution in [0.1, 0.15) is 41.3 Å². The van der Waals surface area contributed by atoms with Crippen molar-refractivity contribution in [3.8, 4) is 0 Å². The number of fused-ring (bicyclic) bond motifs is 1. The van der Waals surface area contributed by atoms with Gasteiger partial charge in [-0.05, 0) is 53.9 Å². The summed E-state index contributed by atoms with van der Waals surface area (Å²) in [6.07, 6.45) is 1.65. The van der Waals surface area contributed by atoms with Crippen molar-refractivity contribution >= 4 is 35.0 Å². The molecule has 0 aromatic heterocycles. The molecule has 2 aromatic rings. The van der Waals surface area contributed by atoms with E-state index in [1.165, 1.54) is 4.90 Å². The fraction of sp³-hybridized carbons (Fsp3) is 0.348. The molecule has 0 radical (unpaired) electrons. The highest BCUT2D eigenvalue weighted by Crippen LogP contribution is 2.28. The van der Waals surface area contributed by atoms with Gasteiger partial charge in [-0.1, -0.05) is 24.6 Å². The second-order valence-electron chi connectivity index (χ2n) is 7.67. The standard InChI is InChI=1S/C23H26ClN3O3/c1-4-5-21(28)25-19-11-8-16-13-20(23(30)26(2)3)27(14-17(16)12-19)22(29)15-6-9-18(24)10-7-15/h6-12,20H,4-5,13-14H2,1-3H3,(H,25,28). The van der Waals surface area contributed by atoms with Crippen molar-refractivity contribution in [3.05, 3.63) is 64.2 Å². The number of likely N-dealkylation sites (N-methyl/N-ethyl adjacent to an activating group) is 1.